The lowest BCUT2D eigenvalue weighted by Gasteiger charge is -2.17. The average Bonchev–Trinajstić information content (AvgIpc) is 2.70. The smallest absolute Gasteiger partial charge is 0.322 e. The van der Waals surface area contributed by atoms with Crippen molar-refractivity contribution in [2.24, 2.45) is 0 Å². The van der Waals surface area contributed by atoms with Crippen LogP contribution in [0.2, 0.25) is 0 Å². The maximum absolute atomic E-state index is 12.3. The summed E-state index contributed by atoms with van der Waals surface area (Å²) in [5, 5.41) is 0. The van der Waals surface area contributed by atoms with Gasteiger partial charge in [-0.2, -0.15) is 9.97 Å². The monoisotopic (exact) mass is 407 g/mol. The van der Waals surface area contributed by atoms with Gasteiger partial charge in [-0.15, -0.1) is 0 Å². The Morgan fingerprint density at radius 2 is 1.73 bits per heavy atom. The summed E-state index contributed by atoms with van der Waals surface area (Å²) in [5.41, 5.74) is 2.28. The second-order valence-electron chi connectivity index (χ2n) is 7.28. The number of aromatic amines is 1. The minimum absolute atomic E-state index is 0.151. The van der Waals surface area contributed by atoms with Crippen LogP contribution in [-0.4, -0.2) is 34.1 Å². The molecule has 1 N–H and O–H groups in total. The molecule has 0 aliphatic carbocycles. The molecule has 0 amide bonds. The quantitative estimate of drug-likeness (QED) is 0.373. The molecular weight excluding hydrogens is 386 g/mol. The van der Waals surface area contributed by atoms with Crippen molar-refractivity contribution >= 4 is 11.0 Å². The van der Waals surface area contributed by atoms with E-state index in [9.17, 15) is 14.4 Å². The fourth-order valence-electron chi connectivity index (χ4n) is 3.48. The predicted octanol–water partition coefficient (Wildman–Crippen LogP) is 1.02. The fourth-order valence-corrected chi connectivity index (χ4v) is 3.48. The van der Waals surface area contributed by atoms with Gasteiger partial charge in [0.1, 0.15) is 12.7 Å². The molecule has 1 aromatic carbocycles. The SMILES string of the molecule is Cc1cc2nc3c(=O)[nH]c(=O)nc-3n(CCCCCn3cncnc3=O)c2cc1C. The zero-order valence-corrected chi connectivity index (χ0v) is 16.8. The van der Waals surface area contributed by atoms with E-state index in [0.29, 0.717) is 18.6 Å². The van der Waals surface area contributed by atoms with E-state index in [1.807, 2.05) is 30.5 Å². The third kappa shape index (κ3) is 3.76. The molecule has 154 valence electrons. The number of aryl methyl sites for hydroxylation is 4. The topological polar surface area (TPSA) is 128 Å². The van der Waals surface area contributed by atoms with Crippen molar-refractivity contribution in [3.8, 4) is 11.5 Å². The Bertz CT molecular complexity index is 1370. The number of hydrogen-bond donors (Lipinski definition) is 1. The molecule has 0 radical (unpaired) electrons. The molecule has 4 rings (SSSR count). The second-order valence-corrected chi connectivity index (χ2v) is 7.28. The van der Waals surface area contributed by atoms with E-state index in [1.165, 1.54) is 17.2 Å². The van der Waals surface area contributed by atoms with Crippen LogP contribution >= 0.6 is 0 Å². The lowest BCUT2D eigenvalue weighted by molar-refractivity contribution is 0.530. The summed E-state index contributed by atoms with van der Waals surface area (Å²) in [6, 6.07) is 3.94. The molecule has 2 aliphatic rings. The molecule has 10 nitrogen and oxygen atoms in total. The van der Waals surface area contributed by atoms with Crippen LogP contribution in [0, 0.1) is 13.8 Å². The summed E-state index contributed by atoms with van der Waals surface area (Å²) < 4.78 is 3.36. The minimum Gasteiger partial charge on any atom is -0.322 e. The first-order valence-corrected chi connectivity index (χ1v) is 9.72. The van der Waals surface area contributed by atoms with Crippen LogP contribution in [0.25, 0.3) is 22.6 Å². The van der Waals surface area contributed by atoms with E-state index >= 15 is 0 Å². The van der Waals surface area contributed by atoms with Gasteiger partial charge in [0.2, 0.25) is 0 Å². The van der Waals surface area contributed by atoms with Crippen LogP contribution in [0.1, 0.15) is 30.4 Å². The standard InChI is InChI=1S/C20H21N7O3/c1-12-8-14-15(9-13(12)2)27(17-16(23-14)18(28)25-19(29)24-17)7-5-3-4-6-26-11-21-10-22-20(26)30/h8-11H,3-7H2,1-2H3,(H,25,28,29). The van der Waals surface area contributed by atoms with E-state index < -0.39 is 11.2 Å². The summed E-state index contributed by atoms with van der Waals surface area (Å²) in [6.45, 7) is 5.09. The highest BCUT2D eigenvalue weighted by molar-refractivity contribution is 5.81. The highest BCUT2D eigenvalue weighted by Gasteiger charge is 2.19. The lowest BCUT2D eigenvalue weighted by atomic mass is 10.1. The fraction of sp³-hybridized carbons (Fsp3) is 0.350. The van der Waals surface area contributed by atoms with Gasteiger partial charge in [0.15, 0.2) is 11.5 Å². The van der Waals surface area contributed by atoms with Gasteiger partial charge in [-0.1, -0.05) is 0 Å². The summed E-state index contributed by atoms with van der Waals surface area (Å²) in [4.78, 5) is 53.9. The summed E-state index contributed by atoms with van der Waals surface area (Å²) in [5.74, 6) is 0.284. The van der Waals surface area contributed by atoms with Crippen molar-refractivity contribution in [2.75, 3.05) is 0 Å². The van der Waals surface area contributed by atoms with Gasteiger partial charge >= 0.3 is 11.4 Å². The minimum atomic E-state index is -0.685. The van der Waals surface area contributed by atoms with Crippen LogP contribution in [-0.2, 0) is 13.1 Å². The van der Waals surface area contributed by atoms with Crippen LogP contribution in [0.5, 0.6) is 0 Å². The molecule has 0 saturated heterocycles. The van der Waals surface area contributed by atoms with Crippen molar-refractivity contribution < 1.29 is 0 Å². The third-order valence-electron chi connectivity index (χ3n) is 5.19. The molecule has 0 spiro atoms. The van der Waals surface area contributed by atoms with Crippen molar-refractivity contribution in [1.29, 1.82) is 0 Å². The maximum atomic E-state index is 12.3. The number of nitrogens with zero attached hydrogens (tertiary/aromatic N) is 6. The Balaban J connectivity index is 1.63. The van der Waals surface area contributed by atoms with Gasteiger partial charge < -0.3 is 4.57 Å². The highest BCUT2D eigenvalue weighted by Crippen LogP contribution is 2.24. The first-order chi connectivity index (χ1) is 14.4. The number of rotatable bonds is 6. The molecule has 1 aromatic heterocycles. The van der Waals surface area contributed by atoms with Crippen molar-refractivity contribution in [2.45, 2.75) is 46.2 Å². The second kappa shape index (κ2) is 7.97. The summed E-state index contributed by atoms with van der Waals surface area (Å²) in [6.07, 6.45) is 5.09. The number of nitrogens with one attached hydrogen (secondary N) is 1. The van der Waals surface area contributed by atoms with E-state index in [1.54, 1.807) is 0 Å². The van der Waals surface area contributed by atoms with E-state index in [2.05, 4.69) is 24.9 Å². The highest BCUT2D eigenvalue weighted by atomic mass is 16.2. The van der Waals surface area contributed by atoms with E-state index in [-0.39, 0.29) is 17.2 Å². The molecule has 10 heteroatoms. The third-order valence-corrected chi connectivity index (χ3v) is 5.19. The first kappa shape index (κ1) is 19.6. The van der Waals surface area contributed by atoms with Crippen molar-refractivity contribution in [3.05, 3.63) is 67.2 Å². The Labute approximate surface area is 170 Å². The van der Waals surface area contributed by atoms with E-state index in [0.717, 1.165) is 35.9 Å². The molecule has 0 saturated carbocycles. The Morgan fingerprint density at radius 1 is 0.967 bits per heavy atom. The first-order valence-electron chi connectivity index (χ1n) is 9.72. The summed E-state index contributed by atoms with van der Waals surface area (Å²) in [7, 11) is 0. The van der Waals surface area contributed by atoms with Crippen molar-refractivity contribution in [1.82, 2.24) is 34.1 Å². The van der Waals surface area contributed by atoms with Crippen LogP contribution in [0.3, 0.4) is 0 Å². The Morgan fingerprint density at radius 3 is 2.53 bits per heavy atom. The largest absolute Gasteiger partial charge is 0.350 e. The van der Waals surface area contributed by atoms with Crippen LogP contribution in [0.15, 0.2) is 39.2 Å². The molecule has 0 bridgehead atoms. The van der Waals surface area contributed by atoms with Gasteiger partial charge in [-0.05, 0) is 56.4 Å². The normalized spacial score (nSPS) is 11.4. The molecule has 0 fully saturated rings. The Kier molecular flexibility index (Phi) is 5.21. The number of hydrogen-bond acceptors (Lipinski definition) is 7. The predicted molar refractivity (Wildman–Crippen MR) is 111 cm³/mol. The molecule has 2 aliphatic heterocycles. The molecule has 30 heavy (non-hydrogen) atoms. The zero-order valence-electron chi connectivity index (χ0n) is 16.8. The molecule has 0 atom stereocenters. The molecular formula is C20H21N7O3. The van der Waals surface area contributed by atoms with Gasteiger partial charge in [0, 0.05) is 13.1 Å². The van der Waals surface area contributed by atoms with Gasteiger partial charge in [-0.25, -0.2) is 19.6 Å². The number of fused-ring (bicyclic) bond motifs is 2. The van der Waals surface area contributed by atoms with Gasteiger partial charge in [-0.3, -0.25) is 14.3 Å². The summed E-state index contributed by atoms with van der Waals surface area (Å²) >= 11 is 0. The number of aromatic nitrogens is 7. The lowest BCUT2D eigenvalue weighted by Crippen LogP contribution is -2.29. The van der Waals surface area contributed by atoms with E-state index in [4.69, 9.17) is 0 Å². The number of H-pyrrole nitrogens is 1. The molecule has 0 unspecified atom stereocenters. The van der Waals surface area contributed by atoms with Crippen LogP contribution in [0.4, 0.5) is 0 Å². The number of unbranched alkanes of at least 4 members (excludes halogenated alkanes) is 2. The van der Waals surface area contributed by atoms with Crippen LogP contribution < -0.4 is 16.9 Å². The molecule has 3 heterocycles. The average molecular weight is 407 g/mol. The zero-order chi connectivity index (χ0) is 21.3. The molecule has 2 aromatic rings. The number of benzene rings is 1. The maximum Gasteiger partial charge on any atom is 0.350 e. The van der Waals surface area contributed by atoms with Gasteiger partial charge in [0.25, 0.3) is 5.56 Å². The van der Waals surface area contributed by atoms with Crippen molar-refractivity contribution in [3.63, 3.8) is 0 Å². The Hall–Kier alpha value is -3.69. The van der Waals surface area contributed by atoms with Gasteiger partial charge in [0.05, 0.1) is 11.0 Å².